The highest BCUT2D eigenvalue weighted by molar-refractivity contribution is 5.98. The molecule has 0 saturated carbocycles. The van der Waals surface area contributed by atoms with Crippen LogP contribution in [0.25, 0.3) is 5.52 Å². The molecule has 3 aromatic rings. The summed E-state index contributed by atoms with van der Waals surface area (Å²) in [5.74, 6) is -0.648. The van der Waals surface area contributed by atoms with Crippen molar-refractivity contribution >= 4 is 23.2 Å². The number of rotatable bonds is 8. The molecule has 11 nitrogen and oxygen atoms in total. The van der Waals surface area contributed by atoms with Gasteiger partial charge in [-0.15, -0.1) is 0 Å². The van der Waals surface area contributed by atoms with Crippen molar-refractivity contribution in [2.75, 3.05) is 19.0 Å². The van der Waals surface area contributed by atoms with Gasteiger partial charge in [0.15, 0.2) is 5.82 Å². The van der Waals surface area contributed by atoms with Gasteiger partial charge >= 0.3 is 5.97 Å². The van der Waals surface area contributed by atoms with Crippen LogP contribution in [0.5, 0.6) is 0 Å². The fourth-order valence-electron chi connectivity index (χ4n) is 3.96. The SMILES string of the molecule is COC(C)(C)C(=O)Nc1ncnn2c([C@]3(C#N)O[C@@H](COC(=O)Cc4ccccc4)C[C@H]3O)ccc12. The lowest BCUT2D eigenvalue weighted by Crippen LogP contribution is -2.39. The Morgan fingerprint density at radius 3 is 2.75 bits per heavy atom. The Hall–Kier alpha value is -3.85. The van der Waals surface area contributed by atoms with E-state index in [-0.39, 0.29) is 31.0 Å². The molecule has 1 aliphatic heterocycles. The molecule has 0 unspecified atom stereocenters. The lowest BCUT2D eigenvalue weighted by Gasteiger charge is -2.24. The molecule has 36 heavy (non-hydrogen) atoms. The smallest absolute Gasteiger partial charge is 0.310 e. The summed E-state index contributed by atoms with van der Waals surface area (Å²) in [4.78, 5) is 28.9. The molecule has 4 rings (SSSR count). The lowest BCUT2D eigenvalue weighted by molar-refractivity contribution is -0.148. The van der Waals surface area contributed by atoms with Crippen molar-refractivity contribution in [1.82, 2.24) is 14.6 Å². The number of hydrogen-bond acceptors (Lipinski definition) is 9. The molecule has 0 bridgehead atoms. The number of carbonyl (C=O) groups is 2. The second kappa shape index (κ2) is 10.0. The van der Waals surface area contributed by atoms with Crippen LogP contribution >= 0.6 is 0 Å². The third-order valence-corrected chi connectivity index (χ3v) is 6.22. The lowest BCUT2D eigenvalue weighted by atomic mass is 9.94. The number of aromatic nitrogens is 3. The highest BCUT2D eigenvalue weighted by Crippen LogP contribution is 2.40. The summed E-state index contributed by atoms with van der Waals surface area (Å²) in [5.41, 5.74) is -1.38. The molecule has 0 aliphatic carbocycles. The monoisotopic (exact) mass is 493 g/mol. The molecule has 1 aliphatic rings. The van der Waals surface area contributed by atoms with Crippen LogP contribution in [-0.2, 0) is 35.8 Å². The van der Waals surface area contributed by atoms with Gasteiger partial charge in [-0.3, -0.25) is 9.59 Å². The first-order valence-electron chi connectivity index (χ1n) is 11.4. The molecule has 3 atom stereocenters. The quantitative estimate of drug-likeness (QED) is 0.448. The van der Waals surface area contributed by atoms with Crippen LogP contribution in [-0.4, -0.2) is 63.1 Å². The maximum atomic E-state index is 12.6. The van der Waals surface area contributed by atoms with Crippen molar-refractivity contribution in [3.63, 3.8) is 0 Å². The van der Waals surface area contributed by atoms with E-state index in [0.717, 1.165) is 5.56 Å². The summed E-state index contributed by atoms with van der Waals surface area (Å²) >= 11 is 0. The second-order valence-corrected chi connectivity index (χ2v) is 8.98. The van der Waals surface area contributed by atoms with Crippen molar-refractivity contribution in [2.24, 2.45) is 0 Å². The number of carbonyl (C=O) groups excluding carboxylic acids is 2. The Labute approximate surface area is 207 Å². The van der Waals surface area contributed by atoms with E-state index in [1.54, 1.807) is 26.0 Å². The largest absolute Gasteiger partial charge is 0.463 e. The van der Waals surface area contributed by atoms with Gasteiger partial charge in [0, 0.05) is 13.5 Å². The van der Waals surface area contributed by atoms with Crippen LogP contribution in [0.1, 0.15) is 31.5 Å². The molecule has 3 heterocycles. The maximum absolute atomic E-state index is 12.6. The third-order valence-electron chi connectivity index (χ3n) is 6.22. The van der Waals surface area contributed by atoms with Gasteiger partial charge in [-0.05, 0) is 31.5 Å². The highest BCUT2D eigenvalue weighted by Gasteiger charge is 2.52. The summed E-state index contributed by atoms with van der Waals surface area (Å²) < 4.78 is 17.9. The first-order chi connectivity index (χ1) is 17.2. The van der Waals surface area contributed by atoms with E-state index in [2.05, 4.69) is 21.5 Å². The second-order valence-electron chi connectivity index (χ2n) is 8.98. The number of amides is 1. The van der Waals surface area contributed by atoms with Crippen molar-refractivity contribution < 1.29 is 28.9 Å². The number of aliphatic hydroxyl groups excluding tert-OH is 1. The predicted octanol–water partition coefficient (Wildman–Crippen LogP) is 1.75. The van der Waals surface area contributed by atoms with E-state index in [1.807, 2.05) is 30.3 Å². The number of ether oxygens (including phenoxy) is 3. The number of benzene rings is 1. The van der Waals surface area contributed by atoms with Gasteiger partial charge in [-0.25, -0.2) is 9.50 Å². The van der Waals surface area contributed by atoms with Crippen molar-refractivity contribution in [1.29, 1.82) is 5.26 Å². The standard InChI is InChI=1S/C25H27N5O6/c1-24(2,34-3)23(33)29-22-18-9-10-19(30(18)28-15-27-22)25(14-26)20(31)12-17(36-25)13-35-21(32)11-16-7-5-4-6-8-16/h4-10,15,17,20,31H,11-13H2,1-3H3,(H,27,28,29,33)/t17-,20-,25+/m1/s1. The minimum atomic E-state index is -1.76. The third kappa shape index (κ3) is 4.79. The van der Waals surface area contributed by atoms with Gasteiger partial charge in [0.25, 0.3) is 5.91 Å². The fourth-order valence-corrected chi connectivity index (χ4v) is 3.96. The van der Waals surface area contributed by atoms with Crippen molar-refractivity contribution in [3.05, 3.63) is 60.0 Å². The van der Waals surface area contributed by atoms with Crippen LogP contribution in [0.3, 0.4) is 0 Å². The summed E-state index contributed by atoms with van der Waals surface area (Å²) in [7, 11) is 1.43. The van der Waals surface area contributed by atoms with Gasteiger partial charge in [0.05, 0.1) is 18.2 Å². The molecule has 1 aromatic carbocycles. The van der Waals surface area contributed by atoms with Gasteiger partial charge in [-0.1, -0.05) is 30.3 Å². The van der Waals surface area contributed by atoms with E-state index in [9.17, 15) is 20.0 Å². The molecule has 188 valence electrons. The topological polar surface area (TPSA) is 148 Å². The van der Waals surface area contributed by atoms with Crippen molar-refractivity contribution in [2.45, 2.75) is 50.1 Å². The zero-order chi connectivity index (χ0) is 25.9. The molecule has 1 amide bonds. The minimum Gasteiger partial charge on any atom is -0.463 e. The Balaban J connectivity index is 1.52. The fraction of sp³-hybridized carbons (Fsp3) is 0.400. The molecule has 1 fully saturated rings. The first-order valence-corrected chi connectivity index (χ1v) is 11.4. The minimum absolute atomic E-state index is 0.0795. The average molecular weight is 494 g/mol. The van der Waals surface area contributed by atoms with E-state index < -0.39 is 35.3 Å². The number of fused-ring (bicyclic) bond motifs is 1. The zero-order valence-corrected chi connectivity index (χ0v) is 20.2. The normalized spacial score (nSPS) is 21.8. The number of esters is 1. The summed E-state index contributed by atoms with van der Waals surface area (Å²) in [5, 5.41) is 27.8. The van der Waals surface area contributed by atoms with E-state index in [1.165, 1.54) is 18.0 Å². The number of nitriles is 1. The molecule has 2 N–H and O–H groups in total. The summed E-state index contributed by atoms with van der Waals surface area (Å²) in [6, 6.07) is 14.4. The molecule has 11 heteroatoms. The van der Waals surface area contributed by atoms with Gasteiger partial charge in [0.1, 0.15) is 36.2 Å². The van der Waals surface area contributed by atoms with E-state index in [0.29, 0.717) is 5.52 Å². The van der Waals surface area contributed by atoms with Crippen molar-refractivity contribution in [3.8, 4) is 6.07 Å². The highest BCUT2D eigenvalue weighted by atomic mass is 16.6. The number of nitrogens with zero attached hydrogens (tertiary/aromatic N) is 4. The van der Waals surface area contributed by atoms with Crippen LogP contribution < -0.4 is 5.32 Å². The van der Waals surface area contributed by atoms with Crippen LogP contribution in [0.4, 0.5) is 5.82 Å². The Morgan fingerprint density at radius 2 is 2.06 bits per heavy atom. The first kappa shape index (κ1) is 25.2. The van der Waals surface area contributed by atoms with E-state index >= 15 is 0 Å². The van der Waals surface area contributed by atoms with Gasteiger partial charge < -0.3 is 24.6 Å². The number of methoxy groups -OCH3 is 1. The Morgan fingerprint density at radius 1 is 1.31 bits per heavy atom. The molecular weight excluding hydrogens is 466 g/mol. The number of aliphatic hydroxyl groups is 1. The summed E-state index contributed by atoms with van der Waals surface area (Å²) in [6.07, 6.45) is -0.502. The Bertz CT molecular complexity index is 1300. The molecule has 0 spiro atoms. The van der Waals surface area contributed by atoms with E-state index in [4.69, 9.17) is 14.2 Å². The predicted molar refractivity (Wildman–Crippen MR) is 127 cm³/mol. The zero-order valence-electron chi connectivity index (χ0n) is 20.2. The molecule has 0 radical (unpaired) electrons. The summed E-state index contributed by atoms with van der Waals surface area (Å²) in [6.45, 7) is 3.12. The number of hydrogen-bond donors (Lipinski definition) is 2. The van der Waals surface area contributed by atoms with Gasteiger partial charge in [-0.2, -0.15) is 10.4 Å². The molecule has 1 saturated heterocycles. The number of anilines is 1. The Kier molecular flexibility index (Phi) is 7.03. The molecule has 2 aromatic heterocycles. The molecular formula is C25H27N5O6. The van der Waals surface area contributed by atoms with Crippen LogP contribution in [0.2, 0.25) is 0 Å². The maximum Gasteiger partial charge on any atom is 0.310 e. The van der Waals surface area contributed by atoms with Crippen LogP contribution in [0.15, 0.2) is 48.8 Å². The van der Waals surface area contributed by atoms with Gasteiger partial charge in [0.2, 0.25) is 5.60 Å². The number of nitrogens with one attached hydrogen (secondary N) is 1. The van der Waals surface area contributed by atoms with Crippen LogP contribution in [0, 0.1) is 11.3 Å². The average Bonchev–Trinajstić information content (AvgIpc) is 3.45.